The fourth-order valence-electron chi connectivity index (χ4n) is 1.64. The summed E-state index contributed by atoms with van der Waals surface area (Å²) in [6.07, 6.45) is -3.69. The summed E-state index contributed by atoms with van der Waals surface area (Å²) in [5.74, 6) is 1.34. The molecular weight excluding hydrogens is 257 g/mol. The Kier molecular flexibility index (Phi) is 4.97. The van der Waals surface area contributed by atoms with Gasteiger partial charge in [-0.15, -0.1) is 0 Å². The Balaban J connectivity index is 3.14. The fourth-order valence-corrected chi connectivity index (χ4v) is 1.64. The molecule has 0 aliphatic rings. The number of hydrogen-bond acceptors (Lipinski definition) is 4. The summed E-state index contributed by atoms with van der Waals surface area (Å²) in [5, 5.41) is 2.84. The second-order valence-corrected chi connectivity index (χ2v) is 4.47. The van der Waals surface area contributed by atoms with Crippen LogP contribution < -0.4 is 10.2 Å². The highest BCUT2D eigenvalue weighted by Crippen LogP contribution is 2.24. The highest BCUT2D eigenvalue weighted by atomic mass is 19.4. The van der Waals surface area contributed by atoms with E-state index < -0.39 is 12.7 Å². The lowest BCUT2D eigenvalue weighted by atomic mass is 10.3. The highest BCUT2D eigenvalue weighted by Gasteiger charge is 2.32. The monoisotopic (exact) mass is 276 g/mol. The molecular formula is C12H19F3N4. The van der Waals surface area contributed by atoms with Crippen molar-refractivity contribution in [3.05, 3.63) is 11.9 Å². The Morgan fingerprint density at radius 1 is 1.32 bits per heavy atom. The molecule has 4 nitrogen and oxygen atoms in total. The molecule has 1 rings (SSSR count). The number of aromatic nitrogens is 2. The summed E-state index contributed by atoms with van der Waals surface area (Å²) in [4.78, 5) is 9.58. The van der Waals surface area contributed by atoms with Gasteiger partial charge in [0.1, 0.15) is 24.0 Å². The number of aryl methyl sites for hydroxylation is 1. The third-order valence-electron chi connectivity index (χ3n) is 2.60. The molecule has 7 heteroatoms. The summed E-state index contributed by atoms with van der Waals surface area (Å²) in [5.41, 5.74) is 0. The van der Waals surface area contributed by atoms with Gasteiger partial charge in [-0.3, -0.25) is 0 Å². The number of anilines is 2. The van der Waals surface area contributed by atoms with Gasteiger partial charge >= 0.3 is 6.18 Å². The lowest BCUT2D eigenvalue weighted by Gasteiger charge is -2.29. The summed E-state index contributed by atoms with van der Waals surface area (Å²) in [6, 6.07) is 1.23. The van der Waals surface area contributed by atoms with Crippen LogP contribution in [-0.4, -0.2) is 35.8 Å². The predicted molar refractivity (Wildman–Crippen MR) is 69.5 cm³/mol. The van der Waals surface area contributed by atoms with Crippen LogP contribution in [0.25, 0.3) is 0 Å². The molecule has 0 spiro atoms. The van der Waals surface area contributed by atoms with Gasteiger partial charge in [0.15, 0.2) is 0 Å². The van der Waals surface area contributed by atoms with Crippen molar-refractivity contribution in [3.8, 4) is 0 Å². The van der Waals surface area contributed by atoms with Crippen molar-refractivity contribution in [2.45, 2.75) is 39.4 Å². The molecule has 0 radical (unpaired) electrons. The van der Waals surface area contributed by atoms with E-state index in [-0.39, 0.29) is 6.04 Å². The fraction of sp³-hybridized carbons (Fsp3) is 0.667. The van der Waals surface area contributed by atoms with Crippen LogP contribution in [0.4, 0.5) is 24.8 Å². The maximum atomic E-state index is 12.6. The van der Waals surface area contributed by atoms with Gasteiger partial charge in [0.05, 0.1) is 0 Å². The topological polar surface area (TPSA) is 41.1 Å². The molecule has 0 aromatic carbocycles. The summed E-state index contributed by atoms with van der Waals surface area (Å²) in [7, 11) is 1.68. The lowest BCUT2D eigenvalue weighted by Crippen LogP contribution is -2.39. The van der Waals surface area contributed by atoms with Crippen molar-refractivity contribution in [3.63, 3.8) is 0 Å². The van der Waals surface area contributed by atoms with Gasteiger partial charge in [-0.2, -0.15) is 13.2 Å². The molecule has 19 heavy (non-hydrogen) atoms. The van der Waals surface area contributed by atoms with E-state index in [4.69, 9.17) is 0 Å². The first-order chi connectivity index (χ1) is 8.76. The van der Waals surface area contributed by atoms with E-state index in [2.05, 4.69) is 15.3 Å². The molecule has 0 unspecified atom stereocenters. The van der Waals surface area contributed by atoms with Crippen LogP contribution in [0.3, 0.4) is 0 Å². The Morgan fingerprint density at radius 3 is 2.37 bits per heavy atom. The standard InChI is InChI=1S/C12H19F3N4/c1-5-9-17-10(16-4)6-11(18-9)19(8(2)3)7-12(13,14)15/h6,8H,5,7H2,1-4H3,(H,16,17,18). The zero-order valence-electron chi connectivity index (χ0n) is 11.5. The van der Waals surface area contributed by atoms with E-state index in [9.17, 15) is 13.2 Å². The van der Waals surface area contributed by atoms with E-state index in [0.717, 1.165) is 0 Å². The van der Waals surface area contributed by atoms with Gasteiger partial charge in [-0.25, -0.2) is 9.97 Å². The van der Waals surface area contributed by atoms with Gasteiger partial charge < -0.3 is 10.2 Å². The van der Waals surface area contributed by atoms with Gasteiger partial charge in [0.25, 0.3) is 0 Å². The van der Waals surface area contributed by atoms with E-state index in [1.165, 1.54) is 11.0 Å². The van der Waals surface area contributed by atoms with Gasteiger partial charge in [-0.1, -0.05) is 6.92 Å². The van der Waals surface area contributed by atoms with Crippen molar-refractivity contribution in [1.82, 2.24) is 9.97 Å². The summed E-state index contributed by atoms with van der Waals surface area (Å²) < 4.78 is 37.8. The molecule has 0 saturated heterocycles. The van der Waals surface area contributed by atoms with Crippen LogP contribution in [0.2, 0.25) is 0 Å². The van der Waals surface area contributed by atoms with E-state index in [1.54, 1.807) is 20.9 Å². The number of hydrogen-bond donors (Lipinski definition) is 1. The SMILES string of the molecule is CCc1nc(NC)cc(N(CC(F)(F)F)C(C)C)n1. The minimum Gasteiger partial charge on any atom is -0.373 e. The first-order valence-corrected chi connectivity index (χ1v) is 6.16. The van der Waals surface area contributed by atoms with Gasteiger partial charge in [0.2, 0.25) is 0 Å². The predicted octanol–water partition coefficient (Wildman–Crippen LogP) is 2.86. The molecule has 0 atom stereocenters. The quantitative estimate of drug-likeness (QED) is 0.898. The molecule has 0 aliphatic heterocycles. The second kappa shape index (κ2) is 6.08. The molecule has 0 bridgehead atoms. The number of halogens is 3. The summed E-state index contributed by atoms with van der Waals surface area (Å²) >= 11 is 0. The Hall–Kier alpha value is -1.53. The molecule has 1 aromatic rings. The average molecular weight is 276 g/mol. The first-order valence-electron chi connectivity index (χ1n) is 6.16. The second-order valence-electron chi connectivity index (χ2n) is 4.47. The van der Waals surface area contributed by atoms with Crippen LogP contribution in [0, 0.1) is 0 Å². The molecule has 1 aromatic heterocycles. The molecule has 0 aliphatic carbocycles. The largest absolute Gasteiger partial charge is 0.405 e. The maximum absolute atomic E-state index is 12.6. The van der Waals surface area contributed by atoms with E-state index in [0.29, 0.717) is 23.9 Å². The normalized spacial score (nSPS) is 11.8. The third-order valence-corrected chi connectivity index (χ3v) is 2.60. The Bertz CT molecular complexity index is 396. The van der Waals surface area contributed by atoms with Gasteiger partial charge in [0, 0.05) is 25.6 Å². The van der Waals surface area contributed by atoms with E-state index in [1.807, 2.05) is 6.92 Å². The molecule has 1 N–H and O–H groups in total. The van der Waals surface area contributed by atoms with Crippen LogP contribution in [0.1, 0.15) is 26.6 Å². The first kappa shape index (κ1) is 15.5. The number of rotatable bonds is 5. The number of alkyl halides is 3. The third kappa shape index (κ3) is 4.57. The maximum Gasteiger partial charge on any atom is 0.405 e. The van der Waals surface area contributed by atoms with Crippen LogP contribution in [0.5, 0.6) is 0 Å². The lowest BCUT2D eigenvalue weighted by molar-refractivity contribution is -0.120. The van der Waals surface area contributed by atoms with Crippen molar-refractivity contribution in [1.29, 1.82) is 0 Å². The minimum absolute atomic E-state index is 0.295. The molecule has 0 fully saturated rings. The zero-order chi connectivity index (χ0) is 14.6. The van der Waals surface area contributed by atoms with Crippen LogP contribution in [0.15, 0.2) is 6.07 Å². The Labute approximate surface area is 111 Å². The Morgan fingerprint density at radius 2 is 1.95 bits per heavy atom. The van der Waals surface area contributed by atoms with Crippen molar-refractivity contribution in [2.75, 3.05) is 23.8 Å². The smallest absolute Gasteiger partial charge is 0.373 e. The molecule has 0 saturated carbocycles. The minimum atomic E-state index is -4.26. The zero-order valence-corrected chi connectivity index (χ0v) is 11.5. The van der Waals surface area contributed by atoms with Crippen LogP contribution >= 0.6 is 0 Å². The number of nitrogens with zero attached hydrogens (tertiary/aromatic N) is 3. The molecule has 108 valence electrons. The molecule has 1 heterocycles. The van der Waals surface area contributed by atoms with Crippen LogP contribution in [-0.2, 0) is 6.42 Å². The number of nitrogens with one attached hydrogen (secondary N) is 1. The van der Waals surface area contributed by atoms with E-state index >= 15 is 0 Å². The van der Waals surface area contributed by atoms with Gasteiger partial charge in [-0.05, 0) is 13.8 Å². The van der Waals surface area contributed by atoms with Crippen molar-refractivity contribution >= 4 is 11.6 Å². The molecule has 0 amide bonds. The van der Waals surface area contributed by atoms with Crippen molar-refractivity contribution in [2.24, 2.45) is 0 Å². The average Bonchev–Trinajstić information content (AvgIpc) is 2.33. The summed E-state index contributed by atoms with van der Waals surface area (Å²) in [6.45, 7) is 4.26. The van der Waals surface area contributed by atoms with Crippen molar-refractivity contribution < 1.29 is 13.2 Å². The highest BCUT2D eigenvalue weighted by molar-refractivity contribution is 5.49.